The molecular formula is C86H59N7. The van der Waals surface area contributed by atoms with E-state index in [0.717, 1.165) is 63.4 Å². The van der Waals surface area contributed by atoms with Crippen LogP contribution in [-0.2, 0) is 6.54 Å². The van der Waals surface area contributed by atoms with Crippen LogP contribution in [-0.4, -0.2) is 22.8 Å². The van der Waals surface area contributed by atoms with Crippen molar-refractivity contribution in [3.05, 3.63) is 328 Å². The van der Waals surface area contributed by atoms with E-state index in [1.807, 2.05) is 0 Å². The molecule has 0 atom stereocenters. The summed E-state index contributed by atoms with van der Waals surface area (Å²) < 4.78 is 12.0. The summed E-state index contributed by atoms with van der Waals surface area (Å²) >= 11 is 0. The molecule has 0 aliphatic carbocycles. The maximum Gasteiger partial charge on any atom is 0.0541 e. The molecular weight excluding hydrogens is 1130 g/mol. The molecule has 19 aromatic rings. The Morgan fingerprint density at radius 3 is 0.591 bits per heavy atom. The molecule has 19 rings (SSSR count). The molecule has 0 fully saturated rings. The largest absolute Gasteiger partial charge is 0.341 e. The number of nitrogens with zero attached hydrogens (tertiary/aromatic N) is 7. The van der Waals surface area contributed by atoms with Gasteiger partial charge in [-0.1, -0.05) is 146 Å². The SMILES string of the molecule is CCn1c2ccc(N(c3ccc(-n4c5ccccc5c5ccccc54)cc3)c3ccc(-n4c5ccccc5c5ccccc54)cc3)cc2c2cc(N(c3ccc(-n4c5ccccc5c5ccccc54)cc3)c3ccc(-n4c5ccccc5c5ccccc54)cc3)ccc21. The number of anilines is 6. The molecule has 0 saturated heterocycles. The van der Waals surface area contributed by atoms with Crippen molar-refractivity contribution >= 4 is 143 Å². The molecule has 0 spiro atoms. The van der Waals surface area contributed by atoms with Gasteiger partial charge in [0.1, 0.15) is 0 Å². The van der Waals surface area contributed by atoms with Gasteiger partial charge in [0.25, 0.3) is 0 Å². The predicted molar refractivity (Wildman–Crippen MR) is 392 cm³/mol. The number of aromatic nitrogens is 5. The Morgan fingerprint density at radius 1 is 0.194 bits per heavy atom. The average Bonchev–Trinajstić information content (AvgIpc) is 1.69. The van der Waals surface area contributed by atoms with Crippen LogP contribution in [0.5, 0.6) is 0 Å². The highest BCUT2D eigenvalue weighted by atomic mass is 15.2. The van der Waals surface area contributed by atoms with Gasteiger partial charge < -0.3 is 32.6 Å². The van der Waals surface area contributed by atoms with Crippen LogP contribution >= 0.6 is 0 Å². The third kappa shape index (κ3) is 8.10. The third-order valence-corrected chi connectivity index (χ3v) is 19.4. The van der Waals surface area contributed by atoms with E-state index >= 15 is 0 Å². The first-order valence-electron chi connectivity index (χ1n) is 32.1. The number of benzene rings is 14. The summed E-state index contributed by atoms with van der Waals surface area (Å²) in [4.78, 5) is 4.85. The van der Waals surface area contributed by atoms with Gasteiger partial charge in [0.15, 0.2) is 0 Å². The van der Waals surface area contributed by atoms with Crippen LogP contribution < -0.4 is 9.80 Å². The minimum atomic E-state index is 0.814. The van der Waals surface area contributed by atoms with Gasteiger partial charge in [0, 0.05) is 128 Å². The highest BCUT2D eigenvalue weighted by molar-refractivity contribution is 6.14. The van der Waals surface area contributed by atoms with Gasteiger partial charge >= 0.3 is 0 Å². The van der Waals surface area contributed by atoms with Gasteiger partial charge in [-0.3, -0.25) is 0 Å². The van der Waals surface area contributed by atoms with Crippen LogP contribution in [0.3, 0.4) is 0 Å². The first-order valence-corrected chi connectivity index (χ1v) is 32.1. The molecule has 0 unspecified atom stereocenters. The standard InChI is InChI=1S/C86H59N7/c1-2-87-77-53-51-65(88(57-35-43-61(44-36-57)90-79-27-11-3-19-67(79)68-20-4-12-28-80(68)90)58-37-45-62(46-38-58)91-81-29-13-5-21-69(81)70-22-6-14-30-82(70)91)55-75(77)76-56-66(52-54-78(76)87)89(59-39-47-63(48-40-59)92-83-31-15-7-23-71(83)72-24-8-16-32-84(72)92)60-41-49-64(50-42-60)93-85-33-17-9-25-73(85)74-26-10-18-34-86(74)93/h3-56H,2H2,1H3. The van der Waals surface area contributed by atoms with Crippen molar-refractivity contribution in [2.75, 3.05) is 9.80 Å². The molecule has 0 bridgehead atoms. The molecule has 0 aliphatic heterocycles. The van der Waals surface area contributed by atoms with Crippen molar-refractivity contribution in [3.63, 3.8) is 0 Å². The van der Waals surface area contributed by atoms with Gasteiger partial charge in [-0.05, 0) is 189 Å². The quantitative estimate of drug-likeness (QED) is 0.129. The summed E-state index contributed by atoms with van der Waals surface area (Å²) in [6.07, 6.45) is 0. The van der Waals surface area contributed by atoms with E-state index in [-0.39, 0.29) is 0 Å². The Kier molecular flexibility index (Phi) is 11.8. The van der Waals surface area contributed by atoms with Crippen LogP contribution in [0.4, 0.5) is 34.1 Å². The molecule has 438 valence electrons. The van der Waals surface area contributed by atoms with Crippen LogP contribution in [0, 0.1) is 0 Å². The van der Waals surface area contributed by atoms with Crippen molar-refractivity contribution in [2.45, 2.75) is 13.5 Å². The summed E-state index contributed by atoms with van der Waals surface area (Å²) in [5, 5.41) is 12.3. The highest BCUT2D eigenvalue weighted by Gasteiger charge is 2.23. The Bertz CT molecular complexity index is 5250. The molecule has 0 radical (unpaired) electrons. The van der Waals surface area contributed by atoms with Gasteiger partial charge in [-0.15, -0.1) is 0 Å². The minimum Gasteiger partial charge on any atom is -0.341 e. The van der Waals surface area contributed by atoms with Crippen LogP contribution in [0.1, 0.15) is 6.92 Å². The average molecular weight is 1190 g/mol. The van der Waals surface area contributed by atoms with E-state index in [0.29, 0.717) is 0 Å². The molecule has 7 nitrogen and oxygen atoms in total. The number of fused-ring (bicyclic) bond motifs is 15. The first kappa shape index (κ1) is 52.6. The lowest BCUT2D eigenvalue weighted by atomic mass is 10.1. The van der Waals surface area contributed by atoms with Crippen molar-refractivity contribution in [1.82, 2.24) is 22.8 Å². The zero-order valence-corrected chi connectivity index (χ0v) is 51.0. The van der Waals surface area contributed by atoms with E-state index in [4.69, 9.17) is 0 Å². The maximum absolute atomic E-state index is 2.47. The number of para-hydroxylation sites is 8. The van der Waals surface area contributed by atoms with Gasteiger partial charge in [0.2, 0.25) is 0 Å². The molecule has 93 heavy (non-hydrogen) atoms. The maximum atomic E-state index is 2.47. The predicted octanol–water partition coefficient (Wildman–Crippen LogP) is 23.1. The smallest absolute Gasteiger partial charge is 0.0541 e. The summed E-state index contributed by atoms with van der Waals surface area (Å²) in [6, 6.07) is 121. The summed E-state index contributed by atoms with van der Waals surface area (Å²) in [7, 11) is 0. The fourth-order valence-corrected chi connectivity index (χ4v) is 15.4. The number of hydrogen-bond acceptors (Lipinski definition) is 2. The molecule has 5 aromatic heterocycles. The van der Waals surface area contributed by atoms with Crippen molar-refractivity contribution in [2.24, 2.45) is 0 Å². The van der Waals surface area contributed by atoms with E-state index < -0.39 is 0 Å². The second-order valence-electron chi connectivity index (χ2n) is 24.4. The Labute approximate surface area is 536 Å². The second kappa shape index (κ2) is 20.9. The fourth-order valence-electron chi connectivity index (χ4n) is 15.4. The van der Waals surface area contributed by atoms with E-state index in [9.17, 15) is 0 Å². The van der Waals surface area contributed by atoms with Crippen LogP contribution in [0.2, 0.25) is 0 Å². The Balaban J connectivity index is 0.774. The lowest BCUT2D eigenvalue weighted by molar-refractivity contribution is 0.827. The van der Waals surface area contributed by atoms with Crippen LogP contribution in [0.15, 0.2) is 328 Å². The summed E-state index contributed by atoms with van der Waals surface area (Å²) in [5.41, 5.74) is 22.7. The molecule has 0 aliphatic rings. The highest BCUT2D eigenvalue weighted by Crippen LogP contribution is 2.45. The normalized spacial score (nSPS) is 12.0. The van der Waals surface area contributed by atoms with Gasteiger partial charge in [-0.25, -0.2) is 0 Å². The Morgan fingerprint density at radius 2 is 0.387 bits per heavy atom. The topological polar surface area (TPSA) is 31.1 Å². The van der Waals surface area contributed by atoms with E-state index in [1.165, 1.54) is 109 Å². The van der Waals surface area contributed by atoms with Gasteiger partial charge in [-0.2, -0.15) is 0 Å². The van der Waals surface area contributed by atoms with Crippen molar-refractivity contribution < 1.29 is 0 Å². The molecule has 5 heterocycles. The lowest BCUT2D eigenvalue weighted by Gasteiger charge is -2.27. The number of hydrogen-bond donors (Lipinski definition) is 0. The molecule has 0 saturated carbocycles. The summed E-state index contributed by atoms with van der Waals surface area (Å²) in [6.45, 7) is 3.07. The lowest BCUT2D eigenvalue weighted by Crippen LogP contribution is -2.10. The van der Waals surface area contributed by atoms with E-state index in [1.54, 1.807) is 0 Å². The third-order valence-electron chi connectivity index (χ3n) is 19.4. The summed E-state index contributed by atoms with van der Waals surface area (Å²) in [5.74, 6) is 0. The zero-order valence-electron chi connectivity index (χ0n) is 51.0. The monoisotopic (exact) mass is 1190 g/mol. The number of aryl methyl sites for hydroxylation is 1. The van der Waals surface area contributed by atoms with Gasteiger partial charge in [0.05, 0.1) is 44.1 Å². The number of rotatable bonds is 11. The second-order valence-corrected chi connectivity index (χ2v) is 24.4. The Hall–Kier alpha value is -12.3. The fraction of sp³-hybridized carbons (Fsp3) is 0.0233. The van der Waals surface area contributed by atoms with Crippen molar-refractivity contribution in [1.29, 1.82) is 0 Å². The van der Waals surface area contributed by atoms with Crippen molar-refractivity contribution in [3.8, 4) is 22.7 Å². The molecule has 14 aromatic carbocycles. The molecule has 0 amide bonds. The first-order chi connectivity index (χ1) is 46.1. The zero-order chi connectivity index (χ0) is 61.3. The molecule has 0 N–H and O–H groups in total. The molecule has 7 heteroatoms. The van der Waals surface area contributed by atoms with Crippen LogP contribution in [0.25, 0.3) is 132 Å². The minimum absolute atomic E-state index is 0.814. The van der Waals surface area contributed by atoms with E-state index in [2.05, 4.69) is 367 Å².